The fourth-order valence-electron chi connectivity index (χ4n) is 1.62. The second kappa shape index (κ2) is 7.47. The molecular weight excluding hydrogens is 270 g/mol. The van der Waals surface area contributed by atoms with Crippen LogP contribution < -0.4 is 10.1 Å². The van der Waals surface area contributed by atoms with Crippen molar-refractivity contribution in [2.24, 2.45) is 5.92 Å². The largest absolute Gasteiger partial charge is 0.496 e. The topological polar surface area (TPSA) is 75.6 Å². The van der Waals surface area contributed by atoms with Gasteiger partial charge in [-0.1, -0.05) is 13.8 Å². The molecule has 114 valence electrons. The van der Waals surface area contributed by atoms with Crippen molar-refractivity contribution in [3.63, 3.8) is 0 Å². The molecule has 0 bridgehead atoms. The zero-order chi connectivity index (χ0) is 16.0. The Morgan fingerprint density at radius 2 is 1.95 bits per heavy atom. The number of aliphatic carboxylic acids is 1. The van der Waals surface area contributed by atoms with Gasteiger partial charge in [-0.3, -0.25) is 4.79 Å². The number of carboxylic acid groups (broad SMARTS) is 1. The summed E-state index contributed by atoms with van der Waals surface area (Å²) in [6.45, 7) is 6.00. The van der Waals surface area contributed by atoms with Crippen LogP contribution >= 0.6 is 0 Å². The van der Waals surface area contributed by atoms with Crippen LogP contribution in [-0.4, -0.2) is 30.1 Å². The van der Waals surface area contributed by atoms with Gasteiger partial charge in [0.25, 0.3) is 5.91 Å². The number of methoxy groups -OCH3 is 1. The quantitative estimate of drug-likeness (QED) is 0.790. The van der Waals surface area contributed by atoms with Crippen molar-refractivity contribution in [1.29, 1.82) is 0 Å². The van der Waals surface area contributed by atoms with Crippen molar-refractivity contribution in [2.45, 2.75) is 26.8 Å². The summed E-state index contributed by atoms with van der Waals surface area (Å²) < 4.78 is 5.16. The fraction of sp³-hybridized carbons (Fsp3) is 0.375. The lowest BCUT2D eigenvalue weighted by molar-refractivity contribution is -0.131. The molecule has 0 aromatic heterocycles. The molecule has 1 unspecified atom stereocenters. The molecule has 2 N–H and O–H groups in total. The lowest BCUT2D eigenvalue weighted by Crippen LogP contribution is -2.36. The molecule has 1 aromatic carbocycles. The molecule has 21 heavy (non-hydrogen) atoms. The smallest absolute Gasteiger partial charge is 0.328 e. The number of carbonyl (C=O) groups is 2. The summed E-state index contributed by atoms with van der Waals surface area (Å²) in [6.07, 6.45) is 2.42. The van der Waals surface area contributed by atoms with Crippen LogP contribution in [0.1, 0.15) is 36.7 Å². The van der Waals surface area contributed by atoms with Gasteiger partial charge in [-0.05, 0) is 37.1 Å². The Balaban J connectivity index is 3.01. The summed E-state index contributed by atoms with van der Waals surface area (Å²) in [5.74, 6) is -0.399. The summed E-state index contributed by atoms with van der Waals surface area (Å²) in [6, 6.07) is 4.97. The van der Waals surface area contributed by atoms with Gasteiger partial charge in [-0.25, -0.2) is 4.79 Å². The Morgan fingerprint density at radius 1 is 1.29 bits per heavy atom. The highest BCUT2D eigenvalue weighted by atomic mass is 16.5. The van der Waals surface area contributed by atoms with E-state index < -0.39 is 5.97 Å². The van der Waals surface area contributed by atoms with Crippen LogP contribution in [-0.2, 0) is 4.79 Å². The van der Waals surface area contributed by atoms with E-state index in [1.165, 1.54) is 13.2 Å². The summed E-state index contributed by atoms with van der Waals surface area (Å²) >= 11 is 0. The maximum atomic E-state index is 12.2. The van der Waals surface area contributed by atoms with Crippen LogP contribution in [0.2, 0.25) is 0 Å². The highest BCUT2D eigenvalue weighted by molar-refractivity contribution is 5.95. The average molecular weight is 291 g/mol. The molecule has 0 aliphatic rings. The first-order valence-corrected chi connectivity index (χ1v) is 6.75. The molecule has 0 aliphatic carbocycles. The van der Waals surface area contributed by atoms with E-state index >= 15 is 0 Å². The first kappa shape index (κ1) is 16.8. The molecule has 0 fully saturated rings. The number of benzene rings is 1. The number of hydrogen-bond donors (Lipinski definition) is 2. The number of hydrogen-bond acceptors (Lipinski definition) is 3. The molecule has 0 radical (unpaired) electrons. The van der Waals surface area contributed by atoms with Gasteiger partial charge in [0.15, 0.2) is 0 Å². The van der Waals surface area contributed by atoms with Crippen molar-refractivity contribution in [2.75, 3.05) is 7.11 Å². The van der Waals surface area contributed by atoms with Gasteiger partial charge in [0.05, 0.1) is 7.11 Å². The van der Waals surface area contributed by atoms with Gasteiger partial charge >= 0.3 is 5.97 Å². The Kier molecular flexibility index (Phi) is 5.96. The summed E-state index contributed by atoms with van der Waals surface area (Å²) in [5, 5.41) is 11.6. The maximum Gasteiger partial charge on any atom is 0.328 e. The van der Waals surface area contributed by atoms with Gasteiger partial charge in [-0.2, -0.15) is 0 Å². The zero-order valence-electron chi connectivity index (χ0n) is 12.7. The van der Waals surface area contributed by atoms with E-state index in [0.717, 1.165) is 6.08 Å². The monoisotopic (exact) mass is 291 g/mol. The Hall–Kier alpha value is -2.30. The third kappa shape index (κ3) is 4.95. The van der Waals surface area contributed by atoms with Gasteiger partial charge in [-0.15, -0.1) is 0 Å². The van der Waals surface area contributed by atoms with E-state index in [2.05, 4.69) is 5.32 Å². The van der Waals surface area contributed by atoms with Gasteiger partial charge in [0.2, 0.25) is 0 Å². The lowest BCUT2D eigenvalue weighted by Gasteiger charge is -2.17. The van der Waals surface area contributed by atoms with Crippen LogP contribution in [0.15, 0.2) is 24.3 Å². The van der Waals surface area contributed by atoms with Crippen molar-refractivity contribution < 1.29 is 19.4 Å². The fourth-order valence-corrected chi connectivity index (χ4v) is 1.62. The van der Waals surface area contributed by atoms with E-state index in [-0.39, 0.29) is 11.9 Å². The van der Waals surface area contributed by atoms with Gasteiger partial charge in [0.1, 0.15) is 5.75 Å². The van der Waals surface area contributed by atoms with Gasteiger partial charge in [0, 0.05) is 23.2 Å². The number of carbonyl (C=O) groups excluding carboxylic acids is 1. The summed E-state index contributed by atoms with van der Waals surface area (Å²) in [5.41, 5.74) is 1.01. The molecule has 5 nitrogen and oxygen atoms in total. The number of nitrogens with one attached hydrogen (secondary N) is 1. The molecule has 1 amide bonds. The highest BCUT2D eigenvalue weighted by Crippen LogP contribution is 2.21. The number of amides is 1. The van der Waals surface area contributed by atoms with Gasteiger partial charge < -0.3 is 15.2 Å². The molecular formula is C16H21NO4. The Labute approximate surface area is 124 Å². The number of ether oxygens (including phenoxy) is 1. The number of carboxylic acids is 1. The third-order valence-corrected chi connectivity index (χ3v) is 3.26. The summed E-state index contributed by atoms with van der Waals surface area (Å²) in [4.78, 5) is 22.8. The predicted octanol–water partition coefficient (Wildman–Crippen LogP) is 2.57. The third-order valence-electron chi connectivity index (χ3n) is 3.26. The molecule has 1 atom stereocenters. The Bertz CT molecular complexity index is 549. The van der Waals surface area contributed by atoms with Crippen LogP contribution in [0, 0.1) is 5.92 Å². The van der Waals surface area contributed by atoms with E-state index in [0.29, 0.717) is 22.8 Å². The van der Waals surface area contributed by atoms with Crippen LogP contribution in [0.4, 0.5) is 0 Å². The van der Waals surface area contributed by atoms with Crippen molar-refractivity contribution in [3.05, 3.63) is 35.4 Å². The van der Waals surface area contributed by atoms with E-state index in [9.17, 15) is 9.59 Å². The molecule has 5 heteroatoms. The molecule has 0 saturated heterocycles. The Morgan fingerprint density at radius 3 is 2.48 bits per heavy atom. The molecule has 1 rings (SSSR count). The highest BCUT2D eigenvalue weighted by Gasteiger charge is 2.13. The van der Waals surface area contributed by atoms with Crippen molar-refractivity contribution >= 4 is 18.0 Å². The van der Waals surface area contributed by atoms with E-state index in [1.54, 1.807) is 18.2 Å². The standard InChI is InChI=1S/C16H21NO4/c1-10(2)11(3)17-16(20)13-5-7-14(21-4)12(9-13)6-8-15(18)19/h5-11H,1-4H3,(H,17,20)(H,18,19). The zero-order valence-corrected chi connectivity index (χ0v) is 12.7. The molecule has 0 aliphatic heterocycles. The van der Waals surface area contributed by atoms with Crippen molar-refractivity contribution in [3.8, 4) is 5.75 Å². The minimum Gasteiger partial charge on any atom is -0.496 e. The van der Waals surface area contributed by atoms with Crippen LogP contribution in [0.25, 0.3) is 6.08 Å². The first-order chi connectivity index (χ1) is 9.85. The molecule has 0 spiro atoms. The van der Waals surface area contributed by atoms with Crippen LogP contribution in [0.3, 0.4) is 0 Å². The molecule has 0 saturated carbocycles. The SMILES string of the molecule is COc1ccc(C(=O)NC(C)C(C)C)cc1C=CC(=O)O. The second-order valence-electron chi connectivity index (χ2n) is 5.13. The maximum absolute atomic E-state index is 12.2. The van der Waals surface area contributed by atoms with Crippen molar-refractivity contribution in [1.82, 2.24) is 5.32 Å². The average Bonchev–Trinajstić information content (AvgIpc) is 2.44. The molecule has 0 heterocycles. The normalized spacial score (nSPS) is 12.4. The molecule has 1 aromatic rings. The number of rotatable bonds is 6. The minimum atomic E-state index is -1.06. The second-order valence-corrected chi connectivity index (χ2v) is 5.13. The summed E-state index contributed by atoms with van der Waals surface area (Å²) in [7, 11) is 1.49. The van der Waals surface area contributed by atoms with E-state index in [4.69, 9.17) is 9.84 Å². The van der Waals surface area contributed by atoms with E-state index in [1.807, 2.05) is 20.8 Å². The first-order valence-electron chi connectivity index (χ1n) is 6.75. The predicted molar refractivity (Wildman–Crippen MR) is 81.4 cm³/mol. The lowest BCUT2D eigenvalue weighted by atomic mass is 10.0. The van der Waals surface area contributed by atoms with Crippen LogP contribution in [0.5, 0.6) is 5.75 Å². The minimum absolute atomic E-state index is 0.0533.